The number of hydrogen-bond acceptors (Lipinski definition) is 6. The molecular formula is C18H17N5O4. The van der Waals surface area contributed by atoms with Crippen LogP contribution >= 0.6 is 0 Å². The Hall–Kier alpha value is -3.75. The van der Waals surface area contributed by atoms with Crippen LogP contribution in [0.25, 0.3) is 5.69 Å². The molecule has 0 N–H and O–H groups in total. The smallest absolute Gasteiger partial charge is 0.406 e. The SMILES string of the molecule is CN(Cc1cnn(-c2ccccc2)c1)C(=O)COc1cccnc1[N+](=O)[O-]. The van der Waals surface area contributed by atoms with E-state index in [4.69, 9.17) is 4.74 Å². The first-order chi connectivity index (χ1) is 13.0. The van der Waals surface area contributed by atoms with Crippen LogP contribution in [0.5, 0.6) is 5.75 Å². The van der Waals surface area contributed by atoms with E-state index in [0.717, 1.165) is 11.3 Å². The molecule has 0 saturated carbocycles. The fraction of sp³-hybridized carbons (Fsp3) is 0.167. The molecule has 1 amide bonds. The highest BCUT2D eigenvalue weighted by Crippen LogP contribution is 2.22. The van der Waals surface area contributed by atoms with Gasteiger partial charge < -0.3 is 19.8 Å². The fourth-order valence-electron chi connectivity index (χ4n) is 2.41. The molecular weight excluding hydrogens is 350 g/mol. The summed E-state index contributed by atoms with van der Waals surface area (Å²) in [5.41, 5.74) is 1.77. The van der Waals surface area contributed by atoms with Gasteiger partial charge in [-0.05, 0) is 34.2 Å². The number of hydrogen-bond donors (Lipinski definition) is 0. The molecule has 9 heteroatoms. The molecule has 3 rings (SSSR count). The Bertz CT molecular complexity index is 942. The Kier molecular flexibility index (Phi) is 5.41. The zero-order valence-electron chi connectivity index (χ0n) is 14.6. The number of ether oxygens (including phenoxy) is 1. The quantitative estimate of drug-likeness (QED) is 0.468. The molecule has 3 aromatic rings. The molecule has 0 aliphatic heterocycles. The van der Waals surface area contributed by atoms with Gasteiger partial charge in [-0.25, -0.2) is 4.68 Å². The van der Waals surface area contributed by atoms with Gasteiger partial charge in [-0.3, -0.25) is 4.79 Å². The van der Waals surface area contributed by atoms with E-state index in [1.165, 1.54) is 23.2 Å². The molecule has 27 heavy (non-hydrogen) atoms. The van der Waals surface area contributed by atoms with Crippen molar-refractivity contribution in [3.05, 3.63) is 76.7 Å². The standard InChI is InChI=1S/C18H17N5O4/c1-21(11-14-10-20-22(12-14)15-6-3-2-4-7-15)17(24)13-27-16-8-5-9-19-18(16)23(25)26/h2-10,12H,11,13H2,1H3. The van der Waals surface area contributed by atoms with Gasteiger partial charge in [0.15, 0.2) is 6.61 Å². The van der Waals surface area contributed by atoms with Crippen LogP contribution in [0.1, 0.15) is 5.56 Å². The number of nitrogens with zero attached hydrogens (tertiary/aromatic N) is 5. The molecule has 9 nitrogen and oxygen atoms in total. The highest BCUT2D eigenvalue weighted by Gasteiger charge is 2.18. The molecule has 138 valence electrons. The van der Waals surface area contributed by atoms with E-state index in [0.29, 0.717) is 6.54 Å². The number of carbonyl (C=O) groups is 1. The maximum absolute atomic E-state index is 12.3. The molecule has 0 spiro atoms. The molecule has 0 unspecified atom stereocenters. The average molecular weight is 367 g/mol. The zero-order valence-corrected chi connectivity index (χ0v) is 14.6. The Labute approximate surface area is 155 Å². The van der Waals surface area contributed by atoms with Crippen molar-refractivity contribution < 1.29 is 14.5 Å². The topological polar surface area (TPSA) is 103 Å². The number of pyridine rings is 1. The summed E-state index contributed by atoms with van der Waals surface area (Å²) in [5, 5.41) is 15.2. The lowest BCUT2D eigenvalue weighted by atomic mass is 10.3. The lowest BCUT2D eigenvalue weighted by Crippen LogP contribution is -2.31. The molecule has 0 saturated heterocycles. The zero-order chi connectivity index (χ0) is 19.2. The van der Waals surface area contributed by atoms with Crippen LogP contribution in [0, 0.1) is 10.1 Å². The first-order valence-electron chi connectivity index (χ1n) is 8.10. The molecule has 2 aromatic heterocycles. The Morgan fingerprint density at radius 2 is 2.04 bits per heavy atom. The highest BCUT2D eigenvalue weighted by atomic mass is 16.6. The summed E-state index contributed by atoms with van der Waals surface area (Å²) in [6.45, 7) is 0.0139. The van der Waals surface area contributed by atoms with Crippen LogP contribution in [-0.2, 0) is 11.3 Å². The van der Waals surface area contributed by atoms with Crippen molar-refractivity contribution in [3.8, 4) is 11.4 Å². The average Bonchev–Trinajstić information content (AvgIpc) is 3.15. The van der Waals surface area contributed by atoms with E-state index in [2.05, 4.69) is 10.1 Å². The minimum Gasteiger partial charge on any atom is -0.476 e. The monoisotopic (exact) mass is 367 g/mol. The van der Waals surface area contributed by atoms with Crippen LogP contribution in [0.15, 0.2) is 61.1 Å². The largest absolute Gasteiger partial charge is 0.476 e. The van der Waals surface area contributed by atoms with Crippen molar-refractivity contribution in [1.82, 2.24) is 19.7 Å². The van der Waals surface area contributed by atoms with Gasteiger partial charge in [-0.1, -0.05) is 18.2 Å². The summed E-state index contributed by atoms with van der Waals surface area (Å²) in [6.07, 6.45) is 4.82. The van der Waals surface area contributed by atoms with E-state index < -0.39 is 10.7 Å². The lowest BCUT2D eigenvalue weighted by molar-refractivity contribution is -0.390. The van der Waals surface area contributed by atoms with Crippen molar-refractivity contribution in [2.24, 2.45) is 0 Å². The summed E-state index contributed by atoms with van der Waals surface area (Å²) in [6, 6.07) is 12.5. The molecule has 0 aliphatic carbocycles. The minimum atomic E-state index is -0.651. The summed E-state index contributed by atoms with van der Waals surface area (Å²) in [5.74, 6) is -0.779. The van der Waals surface area contributed by atoms with Gasteiger partial charge in [0.1, 0.15) is 6.20 Å². The van der Waals surface area contributed by atoms with Gasteiger partial charge in [-0.15, -0.1) is 0 Å². The predicted molar refractivity (Wildman–Crippen MR) is 96.4 cm³/mol. The molecule has 0 aliphatic rings. The summed E-state index contributed by atoms with van der Waals surface area (Å²) in [4.78, 5) is 27.6. The molecule has 0 bridgehead atoms. The van der Waals surface area contributed by atoms with Crippen molar-refractivity contribution in [2.45, 2.75) is 6.54 Å². The third-order valence-corrected chi connectivity index (χ3v) is 3.78. The van der Waals surface area contributed by atoms with E-state index in [1.807, 2.05) is 36.5 Å². The second-order valence-corrected chi connectivity index (χ2v) is 5.75. The maximum atomic E-state index is 12.3. The number of para-hydroxylation sites is 1. The number of likely N-dealkylation sites (N-methyl/N-ethyl adjacent to an activating group) is 1. The second kappa shape index (κ2) is 8.09. The summed E-state index contributed by atoms with van der Waals surface area (Å²) >= 11 is 0. The number of nitro groups is 1. The predicted octanol–water partition coefficient (Wildman–Crippen LogP) is 2.21. The number of benzene rings is 1. The second-order valence-electron chi connectivity index (χ2n) is 5.75. The fourth-order valence-corrected chi connectivity index (χ4v) is 2.41. The van der Waals surface area contributed by atoms with Gasteiger partial charge in [0.2, 0.25) is 5.75 Å². The van der Waals surface area contributed by atoms with E-state index in [9.17, 15) is 14.9 Å². The first-order valence-corrected chi connectivity index (χ1v) is 8.10. The first kappa shape index (κ1) is 18.1. The van der Waals surface area contributed by atoms with Crippen molar-refractivity contribution in [3.63, 3.8) is 0 Å². The molecule has 2 heterocycles. The lowest BCUT2D eigenvalue weighted by Gasteiger charge is -2.16. The van der Waals surface area contributed by atoms with Crippen LogP contribution in [0.4, 0.5) is 5.82 Å². The normalized spacial score (nSPS) is 10.4. The van der Waals surface area contributed by atoms with Gasteiger partial charge in [0, 0.05) is 25.4 Å². The minimum absolute atomic E-state index is 0.0406. The molecule has 0 radical (unpaired) electrons. The summed E-state index contributed by atoms with van der Waals surface area (Å²) < 4.78 is 7.00. The van der Waals surface area contributed by atoms with Gasteiger partial charge in [0.25, 0.3) is 5.91 Å². The Balaban J connectivity index is 1.59. The van der Waals surface area contributed by atoms with Crippen molar-refractivity contribution in [1.29, 1.82) is 0 Å². The van der Waals surface area contributed by atoms with E-state index >= 15 is 0 Å². The Morgan fingerprint density at radius 1 is 1.26 bits per heavy atom. The molecule has 0 atom stereocenters. The van der Waals surface area contributed by atoms with Crippen molar-refractivity contribution in [2.75, 3.05) is 13.7 Å². The Morgan fingerprint density at radius 3 is 2.78 bits per heavy atom. The number of aromatic nitrogens is 3. The van der Waals surface area contributed by atoms with E-state index in [-0.39, 0.29) is 18.3 Å². The van der Waals surface area contributed by atoms with Crippen LogP contribution in [-0.4, -0.2) is 44.1 Å². The third kappa shape index (κ3) is 4.46. The van der Waals surface area contributed by atoms with Gasteiger partial charge >= 0.3 is 5.82 Å². The van der Waals surface area contributed by atoms with Crippen molar-refractivity contribution >= 4 is 11.7 Å². The number of carbonyl (C=O) groups excluding carboxylic acids is 1. The van der Waals surface area contributed by atoms with Gasteiger partial charge in [-0.2, -0.15) is 5.10 Å². The van der Waals surface area contributed by atoms with E-state index in [1.54, 1.807) is 17.9 Å². The maximum Gasteiger partial charge on any atom is 0.406 e. The van der Waals surface area contributed by atoms with Crippen LogP contribution in [0.2, 0.25) is 0 Å². The molecule has 1 aromatic carbocycles. The summed E-state index contributed by atoms with van der Waals surface area (Å²) in [7, 11) is 1.63. The van der Waals surface area contributed by atoms with Crippen LogP contribution < -0.4 is 4.74 Å². The van der Waals surface area contributed by atoms with Gasteiger partial charge in [0.05, 0.1) is 11.9 Å². The highest BCUT2D eigenvalue weighted by molar-refractivity contribution is 5.77. The number of amides is 1. The van der Waals surface area contributed by atoms with Crippen LogP contribution in [0.3, 0.4) is 0 Å². The number of rotatable bonds is 7. The molecule has 0 fully saturated rings. The third-order valence-electron chi connectivity index (χ3n) is 3.78.